The number of carboxylic acids is 2. The summed E-state index contributed by atoms with van der Waals surface area (Å²) >= 11 is 1.15. The number of nitrogens with zero attached hydrogens (tertiary/aromatic N) is 3. The number of carboxylic acid groups (broad SMARTS) is 2. The van der Waals surface area contributed by atoms with E-state index in [2.05, 4.69) is 20.9 Å². The zero-order chi connectivity index (χ0) is 59.1. The summed E-state index contributed by atoms with van der Waals surface area (Å²) in [6.45, 7) is 10.5. The first kappa shape index (κ1) is 67.7. The number of hydrogen-bond acceptors (Lipinski definition) is 14. The molecule has 4 amide bonds. The Bertz CT molecular complexity index is 2530. The van der Waals surface area contributed by atoms with Gasteiger partial charge in [0.1, 0.15) is 23.7 Å². The van der Waals surface area contributed by atoms with Crippen molar-refractivity contribution < 1.29 is 79.9 Å². The smallest absolute Gasteiger partial charge is 0.480 e. The molecule has 0 saturated carbocycles. The second-order valence-corrected chi connectivity index (χ2v) is 20.0. The molecule has 9 N–H and O–H groups in total. The molecule has 3 unspecified atom stereocenters. The molecule has 4 rings (SSSR count). The molecule has 4 aromatic rings. The quantitative estimate of drug-likeness (QED) is 0.0239. The second kappa shape index (κ2) is 35.9. The van der Waals surface area contributed by atoms with E-state index >= 15 is 4.39 Å². The molecule has 0 saturated heterocycles. The lowest BCUT2D eigenvalue weighted by molar-refractivity contribution is -0.192. The van der Waals surface area contributed by atoms with Crippen LogP contribution in [0.15, 0.2) is 85.3 Å². The standard InChI is InChI=1S/C52H72F2N8O10S.C2HF3O2/c1-52(2,3)49(45-30-39(41-31-40(53)11-12-42(41)54)34-61(45)33-38-9-5-4-6-10-38)62(20-7-16-59-50(66)43(32-46(56)63)60-47(64)29-37-13-18-57-19-14-37)48(65)36-73-35-44(51(67)68)58-17-8-21-69-23-25-71-27-28-72-26-24-70-22-15-55;3-2(4,5)1(6)7/h4-6,9-14,18-19,30-31,34,43-44,49,58H,7-8,15-17,20-29,32-33,35-36,55H2,1-3H3,(H2,56,63)(H,59,66)(H,60,64)(H,67,68);(H,6,7). The molecule has 0 aliphatic carbocycles. The van der Waals surface area contributed by atoms with Crippen molar-refractivity contribution in [3.8, 4) is 11.1 Å². The van der Waals surface area contributed by atoms with Crippen LogP contribution in [0.1, 0.15) is 62.9 Å². The van der Waals surface area contributed by atoms with E-state index in [-0.39, 0.29) is 48.9 Å². The van der Waals surface area contributed by atoms with Crippen LogP contribution < -0.4 is 27.4 Å². The number of alkyl halides is 3. The first-order chi connectivity index (χ1) is 38.0. The SMILES string of the molecule is CC(C)(C)C(c1cc(-c2cc(F)ccc2F)cn1Cc1ccccc1)N(CCCNC(=O)C(CC(N)=O)NC(=O)Cc1ccncc1)C(=O)CSCC(NCCCOCCOCCOCCOCCN)C(=O)O.O=C(O)C(F)(F)F. The lowest BCUT2D eigenvalue weighted by Gasteiger charge is -2.41. The van der Waals surface area contributed by atoms with Crippen LogP contribution in [0.4, 0.5) is 22.0 Å². The Morgan fingerprint density at radius 1 is 0.787 bits per heavy atom. The van der Waals surface area contributed by atoms with E-state index in [1.165, 1.54) is 12.4 Å². The van der Waals surface area contributed by atoms with Gasteiger partial charge in [-0.05, 0) is 72.3 Å². The average molecular weight is 1150 g/mol. The van der Waals surface area contributed by atoms with Crippen LogP contribution in [0.25, 0.3) is 11.1 Å². The number of aromatic nitrogens is 2. The molecular formula is C54H73F5N8O12S. The molecule has 0 spiro atoms. The highest BCUT2D eigenvalue weighted by Crippen LogP contribution is 2.41. The monoisotopic (exact) mass is 1150 g/mol. The summed E-state index contributed by atoms with van der Waals surface area (Å²) in [5.41, 5.74) is 12.8. The topological polar surface area (TPSA) is 289 Å². The van der Waals surface area contributed by atoms with E-state index in [0.29, 0.717) is 95.7 Å². The lowest BCUT2D eigenvalue weighted by Crippen LogP contribution is -2.49. The van der Waals surface area contributed by atoms with Crippen LogP contribution in [0.5, 0.6) is 0 Å². The summed E-state index contributed by atoms with van der Waals surface area (Å²) in [7, 11) is 0. The van der Waals surface area contributed by atoms with Crippen molar-refractivity contribution >= 4 is 47.3 Å². The van der Waals surface area contributed by atoms with Crippen LogP contribution in [-0.2, 0) is 60.7 Å². The molecule has 442 valence electrons. The van der Waals surface area contributed by atoms with Gasteiger partial charge in [0.25, 0.3) is 0 Å². The third kappa shape index (κ3) is 26.2. The number of amides is 4. The number of pyridine rings is 1. The van der Waals surface area contributed by atoms with Gasteiger partial charge in [-0.2, -0.15) is 13.2 Å². The molecule has 3 atom stereocenters. The number of aliphatic carboxylic acids is 2. The van der Waals surface area contributed by atoms with Crippen molar-refractivity contribution in [3.05, 3.63) is 114 Å². The first-order valence-corrected chi connectivity index (χ1v) is 26.7. The second-order valence-electron chi connectivity index (χ2n) is 19.0. The van der Waals surface area contributed by atoms with Crippen LogP contribution in [0.2, 0.25) is 0 Å². The predicted molar refractivity (Wildman–Crippen MR) is 288 cm³/mol. The Morgan fingerprint density at radius 3 is 1.98 bits per heavy atom. The van der Waals surface area contributed by atoms with Gasteiger partial charge in [0.2, 0.25) is 23.6 Å². The zero-order valence-electron chi connectivity index (χ0n) is 45.0. The number of primary amides is 1. The van der Waals surface area contributed by atoms with E-state index in [1.807, 2.05) is 55.7 Å². The van der Waals surface area contributed by atoms with E-state index in [1.54, 1.807) is 29.3 Å². The minimum Gasteiger partial charge on any atom is -0.480 e. The molecule has 20 nitrogen and oxygen atoms in total. The normalized spacial score (nSPS) is 12.6. The van der Waals surface area contributed by atoms with Gasteiger partial charge in [-0.15, -0.1) is 11.8 Å². The summed E-state index contributed by atoms with van der Waals surface area (Å²) in [6, 6.07) is 14.9. The van der Waals surface area contributed by atoms with Gasteiger partial charge in [0.05, 0.1) is 70.9 Å². The lowest BCUT2D eigenvalue weighted by atomic mass is 9.83. The highest BCUT2D eigenvalue weighted by molar-refractivity contribution is 8.00. The number of hydrogen-bond donors (Lipinski definition) is 7. The van der Waals surface area contributed by atoms with Crippen molar-refractivity contribution in [1.29, 1.82) is 0 Å². The van der Waals surface area contributed by atoms with Crippen molar-refractivity contribution in [2.24, 2.45) is 16.9 Å². The predicted octanol–water partition coefficient (Wildman–Crippen LogP) is 4.73. The van der Waals surface area contributed by atoms with E-state index in [0.717, 1.165) is 35.5 Å². The molecule has 0 radical (unpaired) electrons. The minimum atomic E-state index is -5.08. The Morgan fingerprint density at radius 2 is 1.40 bits per heavy atom. The van der Waals surface area contributed by atoms with E-state index in [4.69, 9.17) is 40.3 Å². The van der Waals surface area contributed by atoms with Gasteiger partial charge in [-0.25, -0.2) is 13.6 Å². The maximum absolute atomic E-state index is 15.4. The molecule has 0 fully saturated rings. The van der Waals surface area contributed by atoms with Crippen LogP contribution in [0.3, 0.4) is 0 Å². The number of ether oxygens (including phenoxy) is 4. The summed E-state index contributed by atoms with van der Waals surface area (Å²) in [5.74, 6) is -7.42. The maximum Gasteiger partial charge on any atom is 0.490 e. The Balaban J connectivity index is 0.00000224. The summed E-state index contributed by atoms with van der Waals surface area (Å²) in [6.07, 6.45) is -0.0520. The van der Waals surface area contributed by atoms with Crippen molar-refractivity contribution in [2.45, 2.75) is 77.3 Å². The number of carbonyl (C=O) groups is 6. The number of carbonyl (C=O) groups excluding carboxylic acids is 4. The molecule has 0 aliphatic rings. The molecule has 26 heteroatoms. The third-order valence-electron chi connectivity index (χ3n) is 11.4. The highest BCUT2D eigenvalue weighted by Gasteiger charge is 2.39. The summed E-state index contributed by atoms with van der Waals surface area (Å²) in [5, 5.41) is 25.6. The van der Waals surface area contributed by atoms with Gasteiger partial charge in [-0.3, -0.25) is 29.0 Å². The number of halogens is 5. The first-order valence-electron chi connectivity index (χ1n) is 25.6. The minimum absolute atomic E-state index is 0.0239. The zero-order valence-corrected chi connectivity index (χ0v) is 45.8. The van der Waals surface area contributed by atoms with Gasteiger partial charge >= 0.3 is 18.1 Å². The van der Waals surface area contributed by atoms with Crippen molar-refractivity contribution in [3.63, 3.8) is 0 Å². The van der Waals surface area contributed by atoms with Crippen molar-refractivity contribution in [2.75, 3.05) is 90.5 Å². The number of nitrogens with two attached hydrogens (primary N) is 2. The highest BCUT2D eigenvalue weighted by atomic mass is 32.2. The Hall–Kier alpha value is -6.55. The molecule has 0 bridgehead atoms. The van der Waals surface area contributed by atoms with Crippen molar-refractivity contribution in [1.82, 2.24) is 30.4 Å². The molecule has 2 aromatic carbocycles. The fraction of sp³-hybridized carbons (Fsp3) is 0.500. The molecular weight excluding hydrogens is 1080 g/mol. The third-order valence-corrected chi connectivity index (χ3v) is 12.4. The number of nitrogens with one attached hydrogen (secondary N) is 3. The van der Waals surface area contributed by atoms with Crippen LogP contribution in [-0.4, -0.2) is 169 Å². The van der Waals surface area contributed by atoms with Gasteiger partial charge in [0, 0.05) is 74.0 Å². The summed E-state index contributed by atoms with van der Waals surface area (Å²) in [4.78, 5) is 80.0. The fourth-order valence-electron chi connectivity index (χ4n) is 7.80. The van der Waals surface area contributed by atoms with E-state index in [9.17, 15) is 46.6 Å². The maximum atomic E-state index is 15.4. The van der Waals surface area contributed by atoms with Crippen LogP contribution >= 0.6 is 11.8 Å². The number of rotatable bonds is 36. The summed E-state index contributed by atoms with van der Waals surface area (Å²) < 4.78 is 85.5. The molecule has 0 aliphatic heterocycles. The number of benzene rings is 2. The molecule has 2 heterocycles. The van der Waals surface area contributed by atoms with Gasteiger partial charge < -0.3 is 66.0 Å². The fourth-order valence-corrected chi connectivity index (χ4v) is 8.75. The Kier molecular flexibility index (Phi) is 30.4. The molecule has 2 aromatic heterocycles. The van der Waals surface area contributed by atoms with Crippen LogP contribution in [0, 0.1) is 17.0 Å². The average Bonchev–Trinajstić information content (AvgIpc) is 3.82. The van der Waals surface area contributed by atoms with Gasteiger partial charge in [0.15, 0.2) is 0 Å². The largest absolute Gasteiger partial charge is 0.490 e. The Labute approximate surface area is 465 Å². The molecule has 80 heavy (non-hydrogen) atoms. The number of thioether (sulfide) groups is 1. The van der Waals surface area contributed by atoms with E-state index < -0.39 is 77.4 Å². The van der Waals surface area contributed by atoms with Gasteiger partial charge in [-0.1, -0.05) is 51.1 Å².